The van der Waals surface area contributed by atoms with Crippen molar-refractivity contribution in [1.82, 2.24) is 5.32 Å². The topological polar surface area (TPSA) is 59.9 Å². The van der Waals surface area contributed by atoms with Crippen LogP contribution in [0.25, 0.3) is 0 Å². The molecule has 1 heterocycles. The van der Waals surface area contributed by atoms with Gasteiger partial charge in [0, 0.05) is 10.0 Å². The number of hydrogen-bond donors (Lipinski definition) is 1. The van der Waals surface area contributed by atoms with Gasteiger partial charge in [-0.05, 0) is 65.2 Å². The van der Waals surface area contributed by atoms with Crippen molar-refractivity contribution in [2.24, 2.45) is 4.99 Å². The zero-order valence-electron chi connectivity index (χ0n) is 16.0. The smallest absolute Gasteiger partial charge is 0.415 e. The lowest BCUT2D eigenvalue weighted by Crippen LogP contribution is -2.68. The molecule has 0 bridgehead atoms. The molecule has 1 N–H and O–H groups in total. The summed E-state index contributed by atoms with van der Waals surface area (Å²) in [5.41, 5.74) is -5.21. The minimum Gasteiger partial charge on any atom is -0.452 e. The number of nitrogens with zero attached hydrogens (tertiary/aromatic N) is 1. The fraction of sp³-hybridized carbons (Fsp3) is 0.579. The van der Waals surface area contributed by atoms with Gasteiger partial charge in [0.1, 0.15) is 11.4 Å². The van der Waals surface area contributed by atoms with Crippen LogP contribution in [0.4, 0.5) is 18.0 Å². The number of alkyl halides is 2. The number of carbonyl (C=O) groups is 1. The SMILES string of the molecule is CC(C)(C)OC(=O)NC1=N[C@](C)(c2cc(Br)ccc2F)C(F)(F)C2(CCC2)O1. The van der Waals surface area contributed by atoms with Crippen LogP contribution in [0, 0.1) is 5.82 Å². The number of amidine groups is 1. The summed E-state index contributed by atoms with van der Waals surface area (Å²) >= 11 is 3.19. The number of halogens is 4. The molecule has 9 heteroatoms. The second-order valence-electron chi connectivity index (χ2n) is 8.26. The van der Waals surface area contributed by atoms with Crippen LogP contribution in [0.3, 0.4) is 0 Å². The van der Waals surface area contributed by atoms with E-state index in [2.05, 4.69) is 26.2 Å². The third-order valence-electron chi connectivity index (χ3n) is 5.02. The van der Waals surface area contributed by atoms with Crippen LogP contribution < -0.4 is 5.32 Å². The van der Waals surface area contributed by atoms with Crippen molar-refractivity contribution in [1.29, 1.82) is 0 Å². The van der Waals surface area contributed by atoms with E-state index in [1.807, 2.05) is 0 Å². The predicted octanol–water partition coefficient (Wildman–Crippen LogP) is 5.27. The van der Waals surface area contributed by atoms with Crippen molar-refractivity contribution in [2.45, 2.75) is 69.6 Å². The maximum absolute atomic E-state index is 15.6. The van der Waals surface area contributed by atoms with Gasteiger partial charge in [-0.25, -0.2) is 19.5 Å². The molecule has 0 unspecified atom stereocenters. The molecule has 1 amide bonds. The number of carbonyl (C=O) groups excluding carboxylic acids is 1. The second kappa shape index (κ2) is 6.64. The summed E-state index contributed by atoms with van der Waals surface area (Å²) < 4.78 is 56.7. The summed E-state index contributed by atoms with van der Waals surface area (Å²) in [6.45, 7) is 6.15. The Kier molecular flexibility index (Phi) is 4.97. The standard InChI is InChI=1S/C19H22BrF3N2O3/c1-16(2,3)28-15(26)24-14-25-17(4,12-10-11(20)6-7-13(12)21)19(22,23)18(27-14)8-5-9-18/h6-7,10H,5,8-9H2,1-4H3,(H,24,25,26)/t17-/m1/s1. The zero-order chi connectivity index (χ0) is 21.0. The Hall–Kier alpha value is -1.77. The predicted molar refractivity (Wildman–Crippen MR) is 101 cm³/mol. The van der Waals surface area contributed by atoms with Crippen molar-refractivity contribution >= 4 is 28.0 Å². The first-order valence-corrected chi connectivity index (χ1v) is 9.71. The summed E-state index contributed by atoms with van der Waals surface area (Å²) in [4.78, 5) is 16.1. The van der Waals surface area contributed by atoms with Gasteiger partial charge >= 0.3 is 12.0 Å². The zero-order valence-corrected chi connectivity index (χ0v) is 17.6. The average molecular weight is 463 g/mol. The average Bonchev–Trinajstić information content (AvgIpc) is 2.49. The fourth-order valence-electron chi connectivity index (χ4n) is 3.45. The molecule has 1 aliphatic heterocycles. The van der Waals surface area contributed by atoms with Crippen molar-refractivity contribution in [2.75, 3.05) is 0 Å². The Bertz CT molecular complexity index is 834. The van der Waals surface area contributed by atoms with E-state index < -0.39 is 40.6 Å². The number of aliphatic imine (C=N–C) groups is 1. The minimum atomic E-state index is -3.50. The van der Waals surface area contributed by atoms with Gasteiger partial charge in [-0.3, -0.25) is 0 Å². The monoisotopic (exact) mass is 462 g/mol. The van der Waals surface area contributed by atoms with Gasteiger partial charge in [0.25, 0.3) is 6.02 Å². The summed E-state index contributed by atoms with van der Waals surface area (Å²) in [7, 11) is 0. The van der Waals surface area contributed by atoms with Crippen LogP contribution in [0.5, 0.6) is 0 Å². The van der Waals surface area contributed by atoms with Crippen LogP contribution in [0.1, 0.15) is 52.5 Å². The van der Waals surface area contributed by atoms with Gasteiger partial charge in [0.15, 0.2) is 11.1 Å². The Morgan fingerprint density at radius 2 is 1.96 bits per heavy atom. The van der Waals surface area contributed by atoms with E-state index >= 15 is 8.78 Å². The maximum atomic E-state index is 15.6. The van der Waals surface area contributed by atoms with E-state index in [4.69, 9.17) is 9.47 Å². The van der Waals surface area contributed by atoms with Crippen LogP contribution in [-0.4, -0.2) is 29.2 Å². The molecule has 154 valence electrons. The number of nitrogens with one attached hydrogen (secondary N) is 1. The van der Waals surface area contributed by atoms with Crippen LogP contribution in [-0.2, 0) is 15.0 Å². The van der Waals surface area contributed by atoms with E-state index in [9.17, 15) is 9.18 Å². The third-order valence-corrected chi connectivity index (χ3v) is 5.52. The maximum Gasteiger partial charge on any atom is 0.415 e. The summed E-state index contributed by atoms with van der Waals surface area (Å²) in [6.07, 6.45) is -0.213. The molecule has 1 aliphatic carbocycles. The molecule has 1 fully saturated rings. The Labute approximate surface area is 169 Å². The van der Waals surface area contributed by atoms with Gasteiger partial charge in [0.2, 0.25) is 0 Å². The molecule has 3 rings (SSSR count). The Morgan fingerprint density at radius 1 is 1.32 bits per heavy atom. The number of amides is 1. The first-order chi connectivity index (χ1) is 12.8. The van der Waals surface area contributed by atoms with Crippen LogP contribution in [0.2, 0.25) is 0 Å². The second-order valence-corrected chi connectivity index (χ2v) is 9.18. The van der Waals surface area contributed by atoms with Gasteiger partial charge in [0.05, 0.1) is 0 Å². The van der Waals surface area contributed by atoms with Crippen molar-refractivity contribution in [3.05, 3.63) is 34.1 Å². The minimum absolute atomic E-state index is 0.0697. The Balaban J connectivity index is 2.07. The Morgan fingerprint density at radius 3 is 2.50 bits per heavy atom. The summed E-state index contributed by atoms with van der Waals surface area (Å²) in [5, 5.41) is 2.29. The highest BCUT2D eigenvalue weighted by Gasteiger charge is 2.72. The number of ether oxygens (including phenoxy) is 2. The molecule has 1 atom stereocenters. The van der Waals surface area contributed by atoms with E-state index in [1.165, 1.54) is 12.1 Å². The highest BCUT2D eigenvalue weighted by molar-refractivity contribution is 9.10. The normalized spacial score (nSPS) is 25.4. The lowest BCUT2D eigenvalue weighted by Gasteiger charge is -2.54. The molecule has 0 aromatic heterocycles. The highest BCUT2D eigenvalue weighted by atomic mass is 79.9. The first kappa shape index (κ1) is 21.0. The largest absolute Gasteiger partial charge is 0.452 e. The lowest BCUT2D eigenvalue weighted by molar-refractivity contribution is -0.253. The molecular formula is C19H22BrF3N2O3. The summed E-state index contributed by atoms with van der Waals surface area (Å²) in [6, 6.07) is 3.39. The van der Waals surface area contributed by atoms with E-state index in [-0.39, 0.29) is 18.4 Å². The van der Waals surface area contributed by atoms with Gasteiger partial charge in [-0.15, -0.1) is 0 Å². The molecule has 1 saturated carbocycles. The van der Waals surface area contributed by atoms with E-state index in [1.54, 1.807) is 20.8 Å². The van der Waals surface area contributed by atoms with Gasteiger partial charge in [-0.2, -0.15) is 8.78 Å². The van der Waals surface area contributed by atoms with E-state index in [0.29, 0.717) is 10.9 Å². The number of alkyl carbamates (subject to hydrolysis) is 1. The molecule has 28 heavy (non-hydrogen) atoms. The molecular weight excluding hydrogens is 441 g/mol. The first-order valence-electron chi connectivity index (χ1n) is 8.92. The molecule has 5 nitrogen and oxygen atoms in total. The van der Waals surface area contributed by atoms with Crippen molar-refractivity contribution in [3.63, 3.8) is 0 Å². The summed E-state index contributed by atoms with van der Waals surface area (Å²) in [5.74, 6) is -4.32. The quantitative estimate of drug-likeness (QED) is 0.617. The molecule has 0 saturated heterocycles. The molecule has 2 aliphatic rings. The molecule has 1 spiro atoms. The molecule has 1 aromatic carbocycles. The lowest BCUT2D eigenvalue weighted by atomic mass is 9.66. The van der Waals surface area contributed by atoms with Crippen LogP contribution >= 0.6 is 15.9 Å². The van der Waals surface area contributed by atoms with Gasteiger partial charge in [-0.1, -0.05) is 15.9 Å². The third kappa shape index (κ3) is 3.38. The van der Waals surface area contributed by atoms with Crippen LogP contribution in [0.15, 0.2) is 27.7 Å². The van der Waals surface area contributed by atoms with Crippen molar-refractivity contribution < 1.29 is 27.4 Å². The highest BCUT2D eigenvalue weighted by Crippen LogP contribution is 2.59. The van der Waals surface area contributed by atoms with E-state index in [0.717, 1.165) is 13.0 Å². The number of benzene rings is 1. The van der Waals surface area contributed by atoms with Gasteiger partial charge < -0.3 is 9.47 Å². The fourth-order valence-corrected chi connectivity index (χ4v) is 3.81. The number of rotatable bonds is 1. The molecule has 1 aromatic rings. The molecule has 0 radical (unpaired) electrons. The number of hydrogen-bond acceptors (Lipinski definition) is 4. The van der Waals surface area contributed by atoms with Crippen molar-refractivity contribution in [3.8, 4) is 0 Å².